The van der Waals surface area contributed by atoms with E-state index in [1.165, 1.54) is 0 Å². The predicted octanol–water partition coefficient (Wildman–Crippen LogP) is 1.67. The standard InChI is InChI=1S/C14H18N4O/c1-11(10-15-2)14(19)17-12-4-6-13(7-5-12)18-9-3-8-16-18/h3-9,11,15H,10H2,1-2H3,(H,17,19). The number of nitrogens with one attached hydrogen (secondary N) is 2. The number of anilines is 1. The molecule has 2 rings (SSSR count). The van der Waals surface area contributed by atoms with Gasteiger partial charge in [-0.05, 0) is 37.4 Å². The maximum absolute atomic E-state index is 11.8. The molecule has 0 spiro atoms. The van der Waals surface area contributed by atoms with E-state index in [0.717, 1.165) is 11.4 Å². The number of nitrogens with zero attached hydrogens (tertiary/aromatic N) is 2. The van der Waals surface area contributed by atoms with E-state index in [2.05, 4.69) is 15.7 Å². The van der Waals surface area contributed by atoms with Crippen molar-refractivity contribution in [2.45, 2.75) is 6.92 Å². The van der Waals surface area contributed by atoms with Gasteiger partial charge in [-0.1, -0.05) is 6.92 Å². The summed E-state index contributed by atoms with van der Waals surface area (Å²) in [5.74, 6) is -0.0445. The van der Waals surface area contributed by atoms with Crippen LogP contribution in [-0.4, -0.2) is 29.3 Å². The highest BCUT2D eigenvalue weighted by Gasteiger charge is 2.11. The number of amides is 1. The van der Waals surface area contributed by atoms with Crippen molar-refractivity contribution >= 4 is 11.6 Å². The van der Waals surface area contributed by atoms with Crippen molar-refractivity contribution in [1.82, 2.24) is 15.1 Å². The van der Waals surface area contributed by atoms with E-state index in [0.29, 0.717) is 6.54 Å². The molecule has 2 N–H and O–H groups in total. The Morgan fingerprint density at radius 2 is 2.11 bits per heavy atom. The van der Waals surface area contributed by atoms with Gasteiger partial charge in [-0.15, -0.1) is 0 Å². The number of carbonyl (C=O) groups is 1. The fraction of sp³-hybridized carbons (Fsp3) is 0.286. The molecule has 1 atom stereocenters. The van der Waals surface area contributed by atoms with Crippen LogP contribution in [0.3, 0.4) is 0 Å². The Kier molecular flexibility index (Phi) is 4.30. The number of aromatic nitrogens is 2. The lowest BCUT2D eigenvalue weighted by molar-refractivity contribution is -0.119. The second-order valence-electron chi connectivity index (χ2n) is 4.45. The van der Waals surface area contributed by atoms with E-state index in [-0.39, 0.29) is 11.8 Å². The average Bonchev–Trinajstić information content (AvgIpc) is 2.94. The molecule has 0 saturated heterocycles. The molecular formula is C14H18N4O. The van der Waals surface area contributed by atoms with Crippen LogP contribution in [0.25, 0.3) is 5.69 Å². The zero-order valence-electron chi connectivity index (χ0n) is 11.1. The minimum atomic E-state index is -0.0595. The highest BCUT2D eigenvalue weighted by molar-refractivity contribution is 5.92. The third-order valence-electron chi connectivity index (χ3n) is 2.86. The Balaban J connectivity index is 2.01. The Morgan fingerprint density at radius 3 is 2.68 bits per heavy atom. The Labute approximate surface area is 112 Å². The molecule has 0 aliphatic carbocycles. The normalized spacial score (nSPS) is 12.1. The molecule has 1 heterocycles. The number of rotatable bonds is 5. The highest BCUT2D eigenvalue weighted by Crippen LogP contribution is 2.13. The molecule has 5 heteroatoms. The molecule has 0 aliphatic heterocycles. The number of hydrogen-bond acceptors (Lipinski definition) is 3. The topological polar surface area (TPSA) is 59.0 Å². The van der Waals surface area contributed by atoms with Crippen LogP contribution >= 0.6 is 0 Å². The van der Waals surface area contributed by atoms with Crippen LogP contribution in [-0.2, 0) is 4.79 Å². The Hall–Kier alpha value is -2.14. The van der Waals surface area contributed by atoms with E-state index in [1.807, 2.05) is 50.5 Å². The molecular weight excluding hydrogens is 240 g/mol. The van der Waals surface area contributed by atoms with Crippen molar-refractivity contribution in [1.29, 1.82) is 0 Å². The molecule has 19 heavy (non-hydrogen) atoms. The van der Waals surface area contributed by atoms with Gasteiger partial charge in [-0.3, -0.25) is 4.79 Å². The van der Waals surface area contributed by atoms with E-state index >= 15 is 0 Å². The fourth-order valence-corrected chi connectivity index (χ4v) is 1.78. The summed E-state index contributed by atoms with van der Waals surface area (Å²) >= 11 is 0. The summed E-state index contributed by atoms with van der Waals surface area (Å²) in [6.45, 7) is 2.56. The molecule has 1 unspecified atom stereocenters. The first-order valence-corrected chi connectivity index (χ1v) is 6.26. The van der Waals surface area contributed by atoms with Gasteiger partial charge in [0.1, 0.15) is 0 Å². The van der Waals surface area contributed by atoms with Gasteiger partial charge in [0.05, 0.1) is 5.69 Å². The van der Waals surface area contributed by atoms with Gasteiger partial charge < -0.3 is 10.6 Å². The highest BCUT2D eigenvalue weighted by atomic mass is 16.1. The second-order valence-corrected chi connectivity index (χ2v) is 4.45. The van der Waals surface area contributed by atoms with Crippen LogP contribution in [0.4, 0.5) is 5.69 Å². The molecule has 0 fully saturated rings. The predicted molar refractivity (Wildman–Crippen MR) is 75.3 cm³/mol. The summed E-state index contributed by atoms with van der Waals surface area (Å²) in [6.07, 6.45) is 3.61. The van der Waals surface area contributed by atoms with Crippen LogP contribution in [0, 0.1) is 5.92 Å². The second kappa shape index (κ2) is 6.15. The smallest absolute Gasteiger partial charge is 0.228 e. The summed E-state index contributed by atoms with van der Waals surface area (Å²) in [6, 6.07) is 9.47. The van der Waals surface area contributed by atoms with Gasteiger partial charge in [0.25, 0.3) is 0 Å². The molecule has 0 aliphatic rings. The zero-order chi connectivity index (χ0) is 13.7. The third kappa shape index (κ3) is 3.42. The number of benzene rings is 1. The first-order valence-electron chi connectivity index (χ1n) is 6.26. The summed E-state index contributed by atoms with van der Waals surface area (Å²) in [7, 11) is 1.84. The van der Waals surface area contributed by atoms with E-state index in [4.69, 9.17) is 0 Å². The van der Waals surface area contributed by atoms with Crippen LogP contribution in [0.5, 0.6) is 0 Å². The van der Waals surface area contributed by atoms with Gasteiger partial charge in [-0.2, -0.15) is 5.10 Å². The van der Waals surface area contributed by atoms with Crippen molar-refractivity contribution in [3.63, 3.8) is 0 Å². The van der Waals surface area contributed by atoms with Crippen molar-refractivity contribution in [2.24, 2.45) is 5.92 Å². The van der Waals surface area contributed by atoms with Crippen LogP contribution < -0.4 is 10.6 Å². The zero-order valence-corrected chi connectivity index (χ0v) is 11.1. The summed E-state index contributed by atoms with van der Waals surface area (Å²) in [5.41, 5.74) is 1.76. The van der Waals surface area contributed by atoms with Crippen molar-refractivity contribution < 1.29 is 4.79 Å². The maximum Gasteiger partial charge on any atom is 0.228 e. The SMILES string of the molecule is CNCC(C)C(=O)Nc1ccc(-n2cccn2)cc1. The quantitative estimate of drug-likeness (QED) is 0.857. The van der Waals surface area contributed by atoms with Gasteiger partial charge in [0.15, 0.2) is 0 Å². The number of carbonyl (C=O) groups excluding carboxylic acids is 1. The van der Waals surface area contributed by atoms with Gasteiger partial charge >= 0.3 is 0 Å². The molecule has 100 valence electrons. The molecule has 1 aromatic heterocycles. The minimum absolute atomic E-state index is 0.0150. The monoisotopic (exact) mass is 258 g/mol. The molecule has 0 radical (unpaired) electrons. The van der Waals surface area contributed by atoms with Crippen LogP contribution in [0.15, 0.2) is 42.7 Å². The van der Waals surface area contributed by atoms with Crippen molar-refractivity contribution in [3.8, 4) is 5.69 Å². The maximum atomic E-state index is 11.8. The van der Waals surface area contributed by atoms with E-state index in [1.54, 1.807) is 10.9 Å². The summed E-state index contributed by atoms with van der Waals surface area (Å²) < 4.78 is 1.77. The lowest BCUT2D eigenvalue weighted by Crippen LogP contribution is -2.28. The van der Waals surface area contributed by atoms with E-state index < -0.39 is 0 Å². The largest absolute Gasteiger partial charge is 0.326 e. The summed E-state index contributed by atoms with van der Waals surface area (Å²) in [4.78, 5) is 11.8. The first kappa shape index (κ1) is 13.3. The molecule has 0 saturated carbocycles. The number of hydrogen-bond donors (Lipinski definition) is 2. The van der Waals surface area contributed by atoms with Gasteiger partial charge in [0.2, 0.25) is 5.91 Å². The van der Waals surface area contributed by atoms with Gasteiger partial charge in [0, 0.05) is 30.5 Å². The van der Waals surface area contributed by atoms with Gasteiger partial charge in [-0.25, -0.2) is 4.68 Å². The third-order valence-corrected chi connectivity index (χ3v) is 2.86. The fourth-order valence-electron chi connectivity index (χ4n) is 1.78. The molecule has 5 nitrogen and oxygen atoms in total. The lowest BCUT2D eigenvalue weighted by atomic mass is 10.1. The minimum Gasteiger partial charge on any atom is -0.326 e. The molecule has 0 bridgehead atoms. The molecule has 1 aromatic carbocycles. The van der Waals surface area contributed by atoms with Crippen LogP contribution in [0.1, 0.15) is 6.92 Å². The Morgan fingerprint density at radius 1 is 1.37 bits per heavy atom. The lowest BCUT2D eigenvalue weighted by Gasteiger charge is -2.12. The van der Waals surface area contributed by atoms with Crippen molar-refractivity contribution in [3.05, 3.63) is 42.7 Å². The van der Waals surface area contributed by atoms with E-state index in [9.17, 15) is 4.79 Å². The first-order chi connectivity index (χ1) is 9.20. The average molecular weight is 258 g/mol. The molecule has 2 aromatic rings. The van der Waals surface area contributed by atoms with Crippen LogP contribution in [0.2, 0.25) is 0 Å². The Bertz CT molecular complexity index is 519. The molecule has 1 amide bonds. The summed E-state index contributed by atoms with van der Waals surface area (Å²) in [5, 5.41) is 10.0. The van der Waals surface area contributed by atoms with Crippen molar-refractivity contribution in [2.75, 3.05) is 18.9 Å².